The summed E-state index contributed by atoms with van der Waals surface area (Å²) >= 11 is 0. The highest BCUT2D eigenvalue weighted by Gasteiger charge is 2.45. The van der Waals surface area contributed by atoms with E-state index < -0.39 is 17.7 Å². The van der Waals surface area contributed by atoms with E-state index in [0.717, 1.165) is 0 Å². The second-order valence-corrected chi connectivity index (χ2v) is 4.54. The van der Waals surface area contributed by atoms with Gasteiger partial charge in [-0.3, -0.25) is 14.4 Å². The highest BCUT2D eigenvalue weighted by atomic mass is 19.3. The van der Waals surface area contributed by atoms with E-state index in [0.29, 0.717) is 18.8 Å². The minimum Gasteiger partial charge on any atom is -0.370 e. The lowest BCUT2D eigenvalue weighted by Crippen LogP contribution is -2.46. The maximum absolute atomic E-state index is 13.1. The van der Waals surface area contributed by atoms with Crippen LogP contribution in [0.3, 0.4) is 0 Å². The zero-order chi connectivity index (χ0) is 16.3. The van der Waals surface area contributed by atoms with Gasteiger partial charge in [-0.05, 0) is 24.3 Å². The number of nitrogens with one attached hydrogen (secondary N) is 1. The fourth-order valence-electron chi connectivity index (χ4n) is 1.84. The predicted molar refractivity (Wildman–Crippen MR) is 72.4 cm³/mol. The van der Waals surface area contributed by atoms with Crippen molar-refractivity contribution in [2.24, 2.45) is 5.73 Å². The SMILES string of the molecule is NC(=O)C(F)(F)C(=O)Nc1ccc(N2CCOCC2=O)cc1. The molecule has 1 aliphatic rings. The molecule has 0 atom stereocenters. The quantitative estimate of drug-likeness (QED) is 0.770. The van der Waals surface area contributed by atoms with Gasteiger partial charge >= 0.3 is 11.8 Å². The number of benzene rings is 1. The third kappa shape index (κ3) is 3.19. The van der Waals surface area contributed by atoms with Gasteiger partial charge in [-0.15, -0.1) is 0 Å². The number of amides is 3. The van der Waals surface area contributed by atoms with Crippen molar-refractivity contribution in [1.82, 2.24) is 0 Å². The summed E-state index contributed by atoms with van der Waals surface area (Å²) in [5.74, 6) is -8.35. The van der Waals surface area contributed by atoms with Crippen molar-refractivity contribution in [3.05, 3.63) is 24.3 Å². The van der Waals surface area contributed by atoms with Gasteiger partial charge in [0.1, 0.15) is 6.61 Å². The van der Waals surface area contributed by atoms with Crippen LogP contribution < -0.4 is 16.0 Å². The number of nitrogens with zero attached hydrogens (tertiary/aromatic N) is 1. The smallest absolute Gasteiger partial charge is 0.370 e. The Morgan fingerprint density at radius 3 is 2.45 bits per heavy atom. The Morgan fingerprint density at radius 2 is 1.91 bits per heavy atom. The molecular formula is C13H13F2N3O4. The predicted octanol–water partition coefficient (Wildman–Crippen LogP) is 0.109. The monoisotopic (exact) mass is 313 g/mol. The van der Waals surface area contributed by atoms with E-state index in [1.165, 1.54) is 29.2 Å². The van der Waals surface area contributed by atoms with Gasteiger partial charge in [0.2, 0.25) is 0 Å². The van der Waals surface area contributed by atoms with Crippen LogP contribution in [0.2, 0.25) is 0 Å². The van der Waals surface area contributed by atoms with Gasteiger partial charge in [-0.1, -0.05) is 0 Å². The first-order valence-corrected chi connectivity index (χ1v) is 6.29. The van der Waals surface area contributed by atoms with Crippen molar-refractivity contribution < 1.29 is 27.9 Å². The van der Waals surface area contributed by atoms with Crippen molar-refractivity contribution in [2.75, 3.05) is 30.0 Å². The molecule has 0 radical (unpaired) electrons. The third-order valence-corrected chi connectivity index (χ3v) is 3.02. The van der Waals surface area contributed by atoms with Crippen molar-refractivity contribution in [2.45, 2.75) is 5.92 Å². The summed E-state index contributed by atoms with van der Waals surface area (Å²) in [6, 6.07) is 5.66. The second kappa shape index (κ2) is 6.06. The Bertz CT molecular complexity index is 604. The van der Waals surface area contributed by atoms with E-state index >= 15 is 0 Å². The average Bonchev–Trinajstić information content (AvgIpc) is 2.48. The summed E-state index contributed by atoms with van der Waals surface area (Å²) in [6.45, 7) is 0.753. The van der Waals surface area contributed by atoms with Crippen LogP contribution in [0.1, 0.15) is 0 Å². The van der Waals surface area contributed by atoms with Crippen molar-refractivity contribution >= 4 is 29.1 Å². The van der Waals surface area contributed by atoms with Gasteiger partial charge in [0.15, 0.2) is 0 Å². The summed E-state index contributed by atoms with van der Waals surface area (Å²) in [4.78, 5) is 34.9. The standard InChI is InChI=1S/C13H13F2N3O4/c14-13(15,11(16)20)12(21)17-8-1-3-9(4-2-8)18-5-6-22-7-10(18)19/h1-4H,5-7H2,(H2,16,20)(H,17,21). The molecule has 1 aliphatic heterocycles. The Labute approximate surface area is 124 Å². The molecule has 1 heterocycles. The summed E-state index contributed by atoms with van der Waals surface area (Å²) in [6.07, 6.45) is 0. The van der Waals surface area contributed by atoms with Crippen LogP contribution in [0, 0.1) is 0 Å². The Hall–Kier alpha value is -2.55. The number of carbonyl (C=O) groups is 3. The molecule has 118 valence electrons. The molecule has 9 heteroatoms. The number of rotatable bonds is 4. The average molecular weight is 313 g/mol. The van der Waals surface area contributed by atoms with Gasteiger partial charge in [0.25, 0.3) is 11.8 Å². The number of nitrogens with two attached hydrogens (primary N) is 1. The molecule has 1 saturated heterocycles. The van der Waals surface area contributed by atoms with Crippen molar-refractivity contribution in [3.8, 4) is 0 Å². The van der Waals surface area contributed by atoms with Gasteiger partial charge in [-0.2, -0.15) is 8.78 Å². The van der Waals surface area contributed by atoms with Crippen LogP contribution in [0.15, 0.2) is 24.3 Å². The van der Waals surface area contributed by atoms with Gasteiger partial charge in [0.05, 0.1) is 6.61 Å². The molecule has 0 spiro atoms. The molecule has 1 fully saturated rings. The molecule has 2 rings (SSSR count). The highest BCUT2D eigenvalue weighted by molar-refractivity contribution is 6.11. The first-order valence-electron chi connectivity index (χ1n) is 6.29. The van der Waals surface area contributed by atoms with E-state index in [1.54, 1.807) is 0 Å². The maximum atomic E-state index is 13.1. The van der Waals surface area contributed by atoms with E-state index in [-0.39, 0.29) is 18.2 Å². The number of primary amides is 1. The summed E-state index contributed by atoms with van der Waals surface area (Å²) in [7, 11) is 0. The van der Waals surface area contributed by atoms with Crippen LogP contribution in [0.4, 0.5) is 20.2 Å². The first kappa shape index (κ1) is 15.8. The highest BCUT2D eigenvalue weighted by Crippen LogP contribution is 2.21. The normalized spacial score (nSPS) is 15.5. The zero-order valence-corrected chi connectivity index (χ0v) is 11.3. The van der Waals surface area contributed by atoms with E-state index in [1.807, 2.05) is 5.32 Å². The van der Waals surface area contributed by atoms with Crippen LogP contribution >= 0.6 is 0 Å². The number of alkyl halides is 2. The minimum absolute atomic E-state index is 0.0245. The number of anilines is 2. The lowest BCUT2D eigenvalue weighted by molar-refractivity contribution is -0.154. The van der Waals surface area contributed by atoms with Gasteiger partial charge in [0, 0.05) is 17.9 Å². The Morgan fingerprint density at radius 1 is 1.27 bits per heavy atom. The molecule has 3 amide bonds. The lowest BCUT2D eigenvalue weighted by atomic mass is 10.2. The molecule has 3 N–H and O–H groups in total. The fraction of sp³-hybridized carbons (Fsp3) is 0.308. The lowest BCUT2D eigenvalue weighted by Gasteiger charge is -2.27. The van der Waals surface area contributed by atoms with Crippen LogP contribution in [0.25, 0.3) is 0 Å². The number of carbonyl (C=O) groups excluding carboxylic acids is 3. The Balaban J connectivity index is 2.08. The number of hydrogen-bond acceptors (Lipinski definition) is 4. The summed E-state index contributed by atoms with van der Waals surface area (Å²) in [5.41, 5.74) is 5.06. The van der Waals surface area contributed by atoms with Crippen LogP contribution in [-0.4, -0.2) is 43.4 Å². The molecule has 0 bridgehead atoms. The van der Waals surface area contributed by atoms with Crippen LogP contribution in [0.5, 0.6) is 0 Å². The second-order valence-electron chi connectivity index (χ2n) is 4.54. The number of ether oxygens (including phenoxy) is 1. The number of halogens is 2. The number of morpholine rings is 1. The molecule has 0 aliphatic carbocycles. The van der Waals surface area contributed by atoms with Gasteiger partial charge in [-0.25, -0.2) is 0 Å². The largest absolute Gasteiger partial charge is 0.400 e. The fourth-order valence-corrected chi connectivity index (χ4v) is 1.84. The van der Waals surface area contributed by atoms with E-state index in [9.17, 15) is 23.2 Å². The Kier molecular flexibility index (Phi) is 4.36. The van der Waals surface area contributed by atoms with Crippen LogP contribution in [-0.2, 0) is 19.1 Å². The molecule has 0 saturated carbocycles. The summed E-state index contributed by atoms with van der Waals surface area (Å²) in [5, 5.41) is 1.89. The zero-order valence-electron chi connectivity index (χ0n) is 11.3. The molecular weight excluding hydrogens is 300 g/mol. The third-order valence-electron chi connectivity index (χ3n) is 3.02. The molecule has 1 aromatic carbocycles. The first-order chi connectivity index (χ1) is 10.3. The van der Waals surface area contributed by atoms with Crippen molar-refractivity contribution in [1.29, 1.82) is 0 Å². The molecule has 7 nitrogen and oxygen atoms in total. The van der Waals surface area contributed by atoms with E-state index in [2.05, 4.69) is 5.73 Å². The van der Waals surface area contributed by atoms with E-state index in [4.69, 9.17) is 4.74 Å². The number of hydrogen-bond donors (Lipinski definition) is 2. The molecule has 0 aromatic heterocycles. The van der Waals surface area contributed by atoms with Crippen molar-refractivity contribution in [3.63, 3.8) is 0 Å². The minimum atomic E-state index is -4.29. The molecule has 0 unspecified atom stereocenters. The molecule has 1 aromatic rings. The summed E-state index contributed by atoms with van der Waals surface area (Å²) < 4.78 is 31.2. The maximum Gasteiger partial charge on any atom is 0.400 e. The molecule has 22 heavy (non-hydrogen) atoms. The van der Waals surface area contributed by atoms with Gasteiger partial charge < -0.3 is 20.7 Å². The topological polar surface area (TPSA) is 102 Å².